The molecule has 0 aliphatic carbocycles. The summed E-state index contributed by atoms with van der Waals surface area (Å²) in [5.41, 5.74) is 0. The van der Waals surface area contributed by atoms with E-state index >= 15 is 0 Å². The molecule has 0 aliphatic heterocycles. The Morgan fingerprint density at radius 2 is 0.688 bits per heavy atom. The van der Waals surface area contributed by atoms with E-state index in [0.717, 1.165) is 0 Å². The van der Waals surface area contributed by atoms with Crippen molar-refractivity contribution in [2.45, 2.75) is 26.8 Å². The van der Waals surface area contributed by atoms with Gasteiger partial charge < -0.3 is 0 Å². The number of hydrogen-bond donors (Lipinski definition) is 0. The number of rotatable bonds is 8. The average molecular weight is 456 g/mol. The highest BCUT2D eigenvalue weighted by molar-refractivity contribution is 7.84. The van der Waals surface area contributed by atoms with Crippen LogP contribution in [0.15, 0.2) is 121 Å². The van der Waals surface area contributed by atoms with Crippen molar-refractivity contribution < 1.29 is 0 Å². The van der Waals surface area contributed by atoms with Crippen molar-refractivity contribution in [3.63, 3.8) is 0 Å². The molecule has 0 heterocycles. The molecule has 3 heteroatoms. The first-order valence-electron chi connectivity index (χ1n) is 11.3. The van der Waals surface area contributed by atoms with Crippen LogP contribution in [0.4, 0.5) is 0 Å². The van der Waals surface area contributed by atoms with Crippen molar-refractivity contribution in [1.82, 2.24) is 4.44 Å². The summed E-state index contributed by atoms with van der Waals surface area (Å²) in [4.78, 5) is 0. The Morgan fingerprint density at radius 3 is 0.906 bits per heavy atom. The fourth-order valence-electron chi connectivity index (χ4n) is 3.77. The summed E-state index contributed by atoms with van der Waals surface area (Å²) in [6.45, 7) is 7.11. The van der Waals surface area contributed by atoms with Crippen LogP contribution in [0, 0.1) is 5.92 Å². The number of benzene rings is 4. The quantitative estimate of drug-likeness (QED) is 0.277. The minimum atomic E-state index is -0.711. The molecule has 0 aromatic heterocycles. The van der Waals surface area contributed by atoms with Gasteiger partial charge in [-0.1, -0.05) is 135 Å². The van der Waals surface area contributed by atoms with E-state index in [1.807, 2.05) is 0 Å². The summed E-state index contributed by atoms with van der Waals surface area (Å²) in [5, 5.41) is 5.61. The molecule has 4 rings (SSSR count). The number of hydrogen-bond acceptors (Lipinski definition) is 1. The molecular formula is C29H31NP2. The van der Waals surface area contributed by atoms with Gasteiger partial charge in [0.25, 0.3) is 0 Å². The predicted octanol–water partition coefficient (Wildman–Crippen LogP) is 6.43. The van der Waals surface area contributed by atoms with Crippen LogP contribution in [-0.4, -0.2) is 10.5 Å². The summed E-state index contributed by atoms with van der Waals surface area (Å²) >= 11 is 0. The third-order valence-electron chi connectivity index (χ3n) is 5.74. The second-order valence-electron chi connectivity index (χ2n) is 8.27. The fraction of sp³-hybridized carbons (Fsp3) is 0.172. The van der Waals surface area contributed by atoms with Crippen LogP contribution in [0.5, 0.6) is 0 Å². The third kappa shape index (κ3) is 5.19. The molecule has 32 heavy (non-hydrogen) atoms. The van der Waals surface area contributed by atoms with Crippen LogP contribution in [0.1, 0.15) is 20.8 Å². The smallest absolute Gasteiger partial charge is 0.0325 e. The van der Waals surface area contributed by atoms with Gasteiger partial charge in [0, 0.05) is 22.2 Å². The van der Waals surface area contributed by atoms with Crippen molar-refractivity contribution in [3.05, 3.63) is 121 Å². The van der Waals surface area contributed by atoms with Crippen LogP contribution in [0.3, 0.4) is 0 Å². The molecule has 1 nitrogen and oxygen atoms in total. The molecule has 0 N–H and O–H groups in total. The monoisotopic (exact) mass is 455 g/mol. The molecule has 1 atom stereocenters. The van der Waals surface area contributed by atoms with E-state index in [9.17, 15) is 0 Å². The molecule has 0 radical (unpaired) electrons. The van der Waals surface area contributed by atoms with Crippen molar-refractivity contribution in [3.8, 4) is 0 Å². The van der Waals surface area contributed by atoms with Crippen molar-refractivity contribution >= 4 is 37.4 Å². The lowest BCUT2D eigenvalue weighted by Crippen LogP contribution is -2.39. The van der Waals surface area contributed by atoms with E-state index < -0.39 is 16.1 Å². The van der Waals surface area contributed by atoms with E-state index in [-0.39, 0.29) is 0 Å². The zero-order valence-corrected chi connectivity index (χ0v) is 20.8. The second kappa shape index (κ2) is 11.0. The SMILES string of the molecule is CC(C)[C@H](C)N(P(c1ccccc1)c1ccccc1)P(c1ccccc1)c1ccccc1. The highest BCUT2D eigenvalue weighted by Gasteiger charge is 2.35. The molecule has 4 aromatic carbocycles. The van der Waals surface area contributed by atoms with Crippen LogP contribution < -0.4 is 21.2 Å². The molecule has 4 aromatic rings. The van der Waals surface area contributed by atoms with Gasteiger partial charge in [0.05, 0.1) is 0 Å². The molecule has 0 amide bonds. The highest BCUT2D eigenvalue weighted by atomic mass is 31.2. The first kappa shape index (κ1) is 22.9. The Labute approximate surface area is 195 Å². The molecular weight excluding hydrogens is 424 g/mol. The molecule has 0 unspecified atom stereocenters. The predicted molar refractivity (Wildman–Crippen MR) is 144 cm³/mol. The highest BCUT2D eigenvalue weighted by Crippen LogP contribution is 2.56. The third-order valence-corrected chi connectivity index (χ3v) is 11.5. The van der Waals surface area contributed by atoms with Crippen LogP contribution >= 0.6 is 16.1 Å². The fourth-order valence-corrected chi connectivity index (χ4v) is 10.3. The van der Waals surface area contributed by atoms with Gasteiger partial charge in [-0.2, -0.15) is 0 Å². The summed E-state index contributed by atoms with van der Waals surface area (Å²) < 4.78 is 2.85. The molecule has 0 aliphatic rings. The van der Waals surface area contributed by atoms with E-state index in [1.54, 1.807) is 0 Å². The van der Waals surface area contributed by atoms with Gasteiger partial charge >= 0.3 is 0 Å². The normalized spacial score (nSPS) is 12.6. The first-order valence-corrected chi connectivity index (χ1v) is 13.8. The largest absolute Gasteiger partial charge is 0.242 e. The van der Waals surface area contributed by atoms with E-state index in [1.165, 1.54) is 21.2 Å². The van der Waals surface area contributed by atoms with Gasteiger partial charge in [-0.05, 0) is 34.1 Å². The molecule has 0 spiro atoms. The van der Waals surface area contributed by atoms with Gasteiger partial charge in [-0.3, -0.25) is 0 Å². The van der Waals surface area contributed by atoms with Crippen molar-refractivity contribution in [2.75, 3.05) is 0 Å². The van der Waals surface area contributed by atoms with Crippen LogP contribution in [-0.2, 0) is 0 Å². The Balaban J connectivity index is 1.96. The second-order valence-corrected chi connectivity index (χ2v) is 12.8. The minimum Gasteiger partial charge on any atom is -0.242 e. The first-order chi connectivity index (χ1) is 15.7. The van der Waals surface area contributed by atoms with Gasteiger partial charge in [-0.15, -0.1) is 0 Å². The Morgan fingerprint density at radius 1 is 0.438 bits per heavy atom. The summed E-state index contributed by atoms with van der Waals surface area (Å²) in [7, 11) is -1.42. The van der Waals surface area contributed by atoms with Gasteiger partial charge in [0.1, 0.15) is 0 Å². The zero-order valence-electron chi connectivity index (χ0n) is 19.0. The van der Waals surface area contributed by atoms with E-state index in [4.69, 9.17) is 0 Å². The van der Waals surface area contributed by atoms with E-state index in [2.05, 4.69) is 147 Å². The van der Waals surface area contributed by atoms with Crippen LogP contribution in [0.2, 0.25) is 0 Å². The van der Waals surface area contributed by atoms with Gasteiger partial charge in [0.15, 0.2) is 0 Å². The Kier molecular flexibility index (Phi) is 7.88. The van der Waals surface area contributed by atoms with Crippen LogP contribution in [0.25, 0.3) is 0 Å². The number of nitrogens with zero attached hydrogens (tertiary/aromatic N) is 1. The summed E-state index contributed by atoms with van der Waals surface area (Å²) in [6, 6.07) is 44.8. The maximum absolute atomic E-state index is 2.85. The van der Waals surface area contributed by atoms with Crippen molar-refractivity contribution in [1.29, 1.82) is 0 Å². The molecule has 0 bridgehead atoms. The lowest BCUT2D eigenvalue weighted by molar-refractivity contribution is 0.407. The zero-order chi connectivity index (χ0) is 22.3. The average Bonchev–Trinajstić information content (AvgIpc) is 2.86. The standard InChI is InChI=1S/C29H31NP2/c1-24(2)25(3)30(31(26-16-8-4-9-17-26)27-18-10-5-11-19-27)32(28-20-12-6-13-21-28)29-22-14-7-15-23-29/h4-25H,1-3H3/t25-/m0/s1. The minimum absolute atomic E-state index is 0.410. The molecule has 0 fully saturated rings. The topological polar surface area (TPSA) is 3.24 Å². The maximum Gasteiger partial charge on any atom is 0.0325 e. The summed E-state index contributed by atoms with van der Waals surface area (Å²) in [5.74, 6) is 0.532. The molecule has 0 saturated carbocycles. The Bertz CT molecular complexity index is 907. The molecule has 162 valence electrons. The lowest BCUT2D eigenvalue weighted by atomic mass is 10.1. The summed E-state index contributed by atoms with van der Waals surface area (Å²) in [6.07, 6.45) is 0. The maximum atomic E-state index is 2.85. The lowest BCUT2D eigenvalue weighted by Gasteiger charge is -2.44. The van der Waals surface area contributed by atoms with Crippen molar-refractivity contribution in [2.24, 2.45) is 5.92 Å². The molecule has 0 saturated heterocycles. The van der Waals surface area contributed by atoms with Gasteiger partial charge in [0.2, 0.25) is 0 Å². The Hall–Kier alpha value is -2.30. The van der Waals surface area contributed by atoms with Gasteiger partial charge in [-0.25, -0.2) is 4.44 Å². The van der Waals surface area contributed by atoms with E-state index in [0.29, 0.717) is 12.0 Å².